The molecule has 1 aromatic heterocycles. The van der Waals surface area contributed by atoms with Crippen molar-refractivity contribution in [3.8, 4) is 11.5 Å². The highest BCUT2D eigenvalue weighted by atomic mass is 32.1. The summed E-state index contributed by atoms with van der Waals surface area (Å²) >= 11 is 0.877. The van der Waals surface area contributed by atoms with Crippen molar-refractivity contribution < 1.29 is 22.6 Å². The minimum absolute atomic E-state index is 0.0763. The van der Waals surface area contributed by atoms with Gasteiger partial charge in [-0.15, -0.1) is 10.2 Å². The van der Waals surface area contributed by atoms with E-state index in [1.807, 2.05) is 0 Å². The van der Waals surface area contributed by atoms with Gasteiger partial charge in [0.25, 0.3) is 0 Å². The largest absolute Gasteiger partial charge is 0.497 e. The van der Waals surface area contributed by atoms with Crippen molar-refractivity contribution in [2.45, 2.75) is 19.1 Å². The first-order chi connectivity index (χ1) is 10.4. The zero-order valence-corrected chi connectivity index (χ0v) is 12.7. The molecule has 0 unspecified atom stereocenters. The highest BCUT2D eigenvalue weighted by Gasteiger charge is 2.29. The number of methoxy groups -OCH3 is 2. The fourth-order valence-electron chi connectivity index (χ4n) is 1.76. The molecule has 0 aliphatic carbocycles. The maximum Gasteiger partial charge on any atom is 0.395 e. The van der Waals surface area contributed by atoms with Crippen LogP contribution in [0.3, 0.4) is 0 Å². The number of anilines is 1. The van der Waals surface area contributed by atoms with Gasteiger partial charge >= 0.3 is 6.18 Å². The number of rotatable bonds is 6. The first kappa shape index (κ1) is 16.3. The summed E-state index contributed by atoms with van der Waals surface area (Å²) in [4.78, 5) is 0. The molecule has 22 heavy (non-hydrogen) atoms. The lowest BCUT2D eigenvalue weighted by atomic mass is 10.2. The highest BCUT2D eigenvalue weighted by Crippen LogP contribution is 2.27. The predicted octanol–water partition coefficient (Wildman–Crippen LogP) is 3.27. The van der Waals surface area contributed by atoms with Crippen LogP contribution in [-0.4, -0.2) is 30.6 Å². The first-order valence-corrected chi connectivity index (χ1v) is 7.07. The molecule has 2 rings (SSSR count). The zero-order chi connectivity index (χ0) is 16.2. The number of ether oxygens (including phenoxy) is 2. The second-order valence-electron chi connectivity index (χ2n) is 4.32. The summed E-state index contributed by atoms with van der Waals surface area (Å²) < 4.78 is 47.2. The summed E-state index contributed by atoms with van der Waals surface area (Å²) in [5.41, 5.74) is 0.800. The van der Waals surface area contributed by atoms with E-state index in [0.29, 0.717) is 23.2 Å². The highest BCUT2D eigenvalue weighted by molar-refractivity contribution is 7.15. The van der Waals surface area contributed by atoms with Crippen LogP contribution in [0.1, 0.15) is 10.6 Å². The Labute approximate surface area is 129 Å². The van der Waals surface area contributed by atoms with Crippen molar-refractivity contribution in [1.82, 2.24) is 10.2 Å². The quantitative estimate of drug-likeness (QED) is 0.879. The van der Waals surface area contributed by atoms with Crippen LogP contribution in [0.5, 0.6) is 11.5 Å². The molecule has 0 aliphatic rings. The molecule has 0 radical (unpaired) electrons. The lowest BCUT2D eigenvalue weighted by Crippen LogP contribution is -2.11. The summed E-state index contributed by atoms with van der Waals surface area (Å²) in [6, 6.07) is 5.29. The molecule has 0 amide bonds. The lowest BCUT2D eigenvalue weighted by Gasteiger charge is -2.10. The third-order valence-electron chi connectivity index (χ3n) is 2.74. The van der Waals surface area contributed by atoms with Crippen LogP contribution < -0.4 is 14.8 Å². The molecule has 1 heterocycles. The number of nitrogens with one attached hydrogen (secondary N) is 1. The van der Waals surface area contributed by atoms with Gasteiger partial charge in [-0.3, -0.25) is 0 Å². The molecule has 0 atom stereocenters. The molecule has 0 spiro atoms. The number of hydrogen-bond acceptors (Lipinski definition) is 6. The Balaban J connectivity index is 2.04. The van der Waals surface area contributed by atoms with Gasteiger partial charge in [0, 0.05) is 12.1 Å². The molecule has 2 aromatic rings. The van der Waals surface area contributed by atoms with Crippen molar-refractivity contribution in [2.75, 3.05) is 19.5 Å². The second kappa shape index (κ2) is 6.82. The van der Waals surface area contributed by atoms with Crippen molar-refractivity contribution >= 4 is 16.5 Å². The van der Waals surface area contributed by atoms with Crippen molar-refractivity contribution in [2.24, 2.45) is 0 Å². The molecule has 9 heteroatoms. The molecule has 5 nitrogen and oxygen atoms in total. The number of hydrogen-bond donors (Lipinski definition) is 1. The van der Waals surface area contributed by atoms with E-state index in [-0.39, 0.29) is 5.01 Å². The zero-order valence-electron chi connectivity index (χ0n) is 11.9. The van der Waals surface area contributed by atoms with Crippen LogP contribution in [-0.2, 0) is 13.0 Å². The third-order valence-corrected chi connectivity index (χ3v) is 3.62. The standard InChI is InChI=1S/C13H14F3N3O2S/c1-20-9-3-4-10(21-2)8(5-9)7-17-12-19-18-11(22-12)6-13(14,15)16/h3-5H,6-7H2,1-2H3,(H,17,19). The number of nitrogens with zero attached hydrogens (tertiary/aromatic N) is 2. The van der Waals surface area contributed by atoms with Gasteiger partial charge in [0.05, 0.1) is 20.6 Å². The Morgan fingerprint density at radius 2 is 1.95 bits per heavy atom. The van der Waals surface area contributed by atoms with E-state index < -0.39 is 12.6 Å². The van der Waals surface area contributed by atoms with E-state index in [0.717, 1.165) is 16.9 Å². The van der Waals surface area contributed by atoms with Gasteiger partial charge in [0.15, 0.2) is 0 Å². The first-order valence-electron chi connectivity index (χ1n) is 6.25. The molecule has 1 N–H and O–H groups in total. The van der Waals surface area contributed by atoms with E-state index >= 15 is 0 Å². The molecule has 0 saturated heterocycles. The van der Waals surface area contributed by atoms with Crippen LogP contribution in [0, 0.1) is 0 Å². The minimum atomic E-state index is -4.28. The summed E-state index contributed by atoms with van der Waals surface area (Å²) in [5, 5.41) is 10.4. The second-order valence-corrected chi connectivity index (χ2v) is 5.39. The smallest absolute Gasteiger partial charge is 0.395 e. The molecule has 0 saturated carbocycles. The summed E-state index contributed by atoms with van der Waals surface area (Å²) in [6.07, 6.45) is -5.36. The normalized spacial score (nSPS) is 11.3. The van der Waals surface area contributed by atoms with Crippen molar-refractivity contribution in [3.63, 3.8) is 0 Å². The Morgan fingerprint density at radius 3 is 2.59 bits per heavy atom. The molecule has 0 bridgehead atoms. The number of aromatic nitrogens is 2. The summed E-state index contributed by atoms with van der Waals surface area (Å²) in [6.45, 7) is 0.334. The topological polar surface area (TPSA) is 56.3 Å². The van der Waals surface area contributed by atoms with Crippen LogP contribution in [0.15, 0.2) is 18.2 Å². The van der Waals surface area contributed by atoms with Crippen LogP contribution in [0.2, 0.25) is 0 Å². The fourth-order valence-corrected chi connectivity index (χ4v) is 2.53. The van der Waals surface area contributed by atoms with Crippen LogP contribution in [0.25, 0.3) is 0 Å². The molecule has 0 aliphatic heterocycles. The predicted molar refractivity (Wildman–Crippen MR) is 76.5 cm³/mol. The van der Waals surface area contributed by atoms with Gasteiger partial charge in [-0.05, 0) is 18.2 Å². The molecule has 120 valence electrons. The molecule has 0 fully saturated rings. The Kier molecular flexibility index (Phi) is 5.07. The Morgan fingerprint density at radius 1 is 1.18 bits per heavy atom. The average molecular weight is 333 g/mol. The van der Waals surface area contributed by atoms with Crippen molar-refractivity contribution in [3.05, 3.63) is 28.8 Å². The van der Waals surface area contributed by atoms with E-state index in [2.05, 4.69) is 15.5 Å². The van der Waals surface area contributed by atoms with Gasteiger partial charge in [-0.1, -0.05) is 11.3 Å². The third kappa shape index (κ3) is 4.48. The van der Waals surface area contributed by atoms with Gasteiger partial charge in [0.1, 0.15) is 16.5 Å². The summed E-state index contributed by atoms with van der Waals surface area (Å²) in [7, 11) is 3.09. The van der Waals surface area contributed by atoms with Crippen molar-refractivity contribution in [1.29, 1.82) is 0 Å². The lowest BCUT2D eigenvalue weighted by molar-refractivity contribution is -0.127. The average Bonchev–Trinajstić information content (AvgIpc) is 2.90. The SMILES string of the molecule is COc1ccc(OC)c(CNc2nnc(CC(F)(F)F)s2)c1. The molecular formula is C13H14F3N3O2S. The van der Waals surface area contributed by atoms with Gasteiger partial charge < -0.3 is 14.8 Å². The van der Waals surface area contributed by atoms with Crippen LogP contribution in [0.4, 0.5) is 18.3 Å². The Bertz CT molecular complexity index is 631. The van der Waals surface area contributed by atoms with Gasteiger partial charge in [0.2, 0.25) is 5.13 Å². The fraction of sp³-hybridized carbons (Fsp3) is 0.385. The van der Waals surface area contributed by atoms with Crippen LogP contribution >= 0.6 is 11.3 Å². The number of benzene rings is 1. The van der Waals surface area contributed by atoms with Gasteiger partial charge in [-0.2, -0.15) is 13.2 Å². The van der Waals surface area contributed by atoms with Gasteiger partial charge in [-0.25, -0.2) is 0 Å². The molecule has 1 aromatic carbocycles. The number of halogens is 3. The molecular weight excluding hydrogens is 319 g/mol. The maximum atomic E-state index is 12.3. The summed E-state index contributed by atoms with van der Waals surface area (Å²) in [5.74, 6) is 1.31. The minimum Gasteiger partial charge on any atom is -0.497 e. The van der Waals surface area contributed by atoms with E-state index in [1.54, 1.807) is 25.3 Å². The van der Waals surface area contributed by atoms with E-state index in [9.17, 15) is 13.2 Å². The Hall–Kier alpha value is -2.03. The van der Waals surface area contributed by atoms with E-state index in [1.165, 1.54) is 7.11 Å². The number of alkyl halides is 3. The van der Waals surface area contributed by atoms with E-state index in [4.69, 9.17) is 9.47 Å². The maximum absolute atomic E-state index is 12.3. The monoisotopic (exact) mass is 333 g/mol.